The average Bonchev–Trinajstić information content (AvgIpc) is 3.59. The minimum atomic E-state index is -0.885. The van der Waals surface area contributed by atoms with E-state index in [0.717, 1.165) is 25.7 Å². The van der Waals surface area contributed by atoms with Gasteiger partial charge in [-0.15, -0.1) is 5.10 Å². The van der Waals surface area contributed by atoms with Crippen LogP contribution in [-0.2, 0) is 11.3 Å². The summed E-state index contributed by atoms with van der Waals surface area (Å²) in [6.45, 7) is 4.32. The molecular weight excluding hydrogens is 464 g/mol. The van der Waals surface area contributed by atoms with Gasteiger partial charge in [-0.25, -0.2) is 9.78 Å². The van der Waals surface area contributed by atoms with E-state index >= 15 is 0 Å². The van der Waals surface area contributed by atoms with Gasteiger partial charge in [-0.05, 0) is 56.1 Å². The maximum Gasteiger partial charge on any atom is 0.437 e. The van der Waals surface area contributed by atoms with E-state index in [1.54, 1.807) is 12.1 Å². The zero-order valence-corrected chi connectivity index (χ0v) is 20.7. The average molecular weight is 499 g/mol. The highest BCUT2D eigenvalue weighted by Gasteiger charge is 2.36. The van der Waals surface area contributed by atoms with E-state index in [0.29, 0.717) is 43.1 Å². The summed E-state index contributed by atoms with van der Waals surface area (Å²) in [5, 5.41) is 9.92. The maximum atomic E-state index is 13.4. The molecule has 0 bridgehead atoms. The molecule has 0 spiro atoms. The molecule has 2 aliphatic carbocycles. The number of nitrogens with one attached hydrogen (secondary N) is 2. The van der Waals surface area contributed by atoms with Gasteiger partial charge in [0.05, 0.1) is 24.1 Å². The van der Waals surface area contributed by atoms with E-state index in [9.17, 15) is 19.2 Å². The molecule has 0 aromatic carbocycles. The number of nitrogens with two attached hydrogens (primary N) is 1. The second-order valence-electron chi connectivity index (χ2n) is 10.3. The van der Waals surface area contributed by atoms with Crippen molar-refractivity contribution in [2.75, 3.05) is 5.73 Å². The SMILES string of the molecule is CC(C)C[C@H](NC(=O)[C@@H]1CCCC[C@@H]1NC(=O)c1ccc(N)nc1)C(=O)c1nn(CC2CC2)c(=O)o1. The lowest BCUT2D eigenvalue weighted by Crippen LogP contribution is -2.52. The Hall–Kier alpha value is -3.50. The summed E-state index contributed by atoms with van der Waals surface area (Å²) < 4.78 is 6.34. The molecule has 0 aliphatic heterocycles. The van der Waals surface area contributed by atoms with Crippen LogP contribution in [0.1, 0.15) is 79.8 Å². The first-order chi connectivity index (χ1) is 17.2. The van der Waals surface area contributed by atoms with Gasteiger partial charge in [-0.1, -0.05) is 26.7 Å². The lowest BCUT2D eigenvalue weighted by molar-refractivity contribution is -0.127. The first-order valence-corrected chi connectivity index (χ1v) is 12.7. The molecule has 11 heteroatoms. The van der Waals surface area contributed by atoms with Gasteiger partial charge >= 0.3 is 5.76 Å². The second-order valence-corrected chi connectivity index (χ2v) is 10.3. The predicted molar refractivity (Wildman–Crippen MR) is 131 cm³/mol. The summed E-state index contributed by atoms with van der Waals surface area (Å²) in [7, 11) is 0. The highest BCUT2D eigenvalue weighted by Crippen LogP contribution is 2.30. The molecule has 2 aromatic rings. The predicted octanol–water partition coefficient (Wildman–Crippen LogP) is 1.93. The van der Waals surface area contributed by atoms with Crippen molar-refractivity contribution >= 4 is 23.4 Å². The highest BCUT2D eigenvalue weighted by molar-refractivity contribution is 5.99. The van der Waals surface area contributed by atoms with E-state index < -0.39 is 23.5 Å². The molecule has 2 aromatic heterocycles. The van der Waals surface area contributed by atoms with E-state index in [2.05, 4.69) is 20.7 Å². The van der Waals surface area contributed by atoms with E-state index in [4.69, 9.17) is 10.2 Å². The van der Waals surface area contributed by atoms with Crippen molar-refractivity contribution in [1.29, 1.82) is 0 Å². The number of nitrogens with zero attached hydrogens (tertiary/aromatic N) is 3. The molecule has 2 amide bonds. The van der Waals surface area contributed by atoms with Gasteiger partial charge in [0.1, 0.15) is 5.82 Å². The smallest absolute Gasteiger partial charge is 0.384 e. The van der Waals surface area contributed by atoms with Crippen LogP contribution in [0.2, 0.25) is 0 Å². The van der Waals surface area contributed by atoms with Crippen LogP contribution in [0.15, 0.2) is 27.5 Å². The number of Topliss-reactive ketones (excluding diaryl/α,β-unsaturated/α-hetero) is 1. The number of hydrogen-bond donors (Lipinski definition) is 3. The summed E-state index contributed by atoms with van der Waals surface area (Å²) >= 11 is 0. The van der Waals surface area contributed by atoms with Gasteiger partial charge < -0.3 is 20.8 Å². The molecule has 4 N–H and O–H groups in total. The van der Waals surface area contributed by atoms with Gasteiger partial charge in [0.2, 0.25) is 11.7 Å². The number of aromatic nitrogens is 3. The largest absolute Gasteiger partial charge is 0.437 e. The molecule has 2 heterocycles. The number of hydrogen-bond acceptors (Lipinski definition) is 8. The molecule has 0 radical (unpaired) electrons. The molecule has 0 unspecified atom stereocenters. The molecule has 36 heavy (non-hydrogen) atoms. The van der Waals surface area contributed by atoms with Crippen LogP contribution in [0.5, 0.6) is 0 Å². The van der Waals surface area contributed by atoms with Gasteiger partial charge in [0.15, 0.2) is 0 Å². The monoisotopic (exact) mass is 498 g/mol. The van der Waals surface area contributed by atoms with Crippen molar-refractivity contribution in [3.8, 4) is 0 Å². The topological polar surface area (TPSA) is 162 Å². The van der Waals surface area contributed by atoms with Crippen molar-refractivity contribution < 1.29 is 18.8 Å². The fourth-order valence-corrected chi connectivity index (χ4v) is 4.61. The molecule has 2 saturated carbocycles. The Morgan fingerprint density at radius 3 is 2.58 bits per heavy atom. The number of amides is 2. The Morgan fingerprint density at radius 2 is 1.92 bits per heavy atom. The van der Waals surface area contributed by atoms with Crippen LogP contribution in [0.25, 0.3) is 0 Å². The Morgan fingerprint density at radius 1 is 1.17 bits per heavy atom. The van der Waals surface area contributed by atoms with Gasteiger partial charge in [0.25, 0.3) is 11.8 Å². The van der Waals surface area contributed by atoms with Crippen LogP contribution in [0, 0.1) is 17.8 Å². The number of ketones is 1. The van der Waals surface area contributed by atoms with Crippen molar-refractivity contribution in [1.82, 2.24) is 25.4 Å². The van der Waals surface area contributed by atoms with Crippen LogP contribution in [0.4, 0.5) is 5.82 Å². The number of carbonyl (C=O) groups is 3. The standard InChI is InChI=1S/C25H34N6O5/c1-14(2)11-19(21(32)24-30-31(25(35)36-24)13-15-7-8-15)29-23(34)17-5-3-4-6-18(17)28-22(33)16-9-10-20(26)27-12-16/h9-10,12,14-15,17-19H,3-8,11,13H2,1-2H3,(H2,26,27)(H,28,33)(H,29,34)/t17-,18+,19+/m1/s1. The lowest BCUT2D eigenvalue weighted by atomic mass is 9.83. The normalized spacial score (nSPS) is 20.6. The van der Waals surface area contributed by atoms with Gasteiger partial charge in [-0.3, -0.25) is 14.4 Å². The summed E-state index contributed by atoms with van der Waals surface area (Å²) in [5.74, 6) is -1.79. The fraction of sp³-hybridized carbons (Fsp3) is 0.600. The first-order valence-electron chi connectivity index (χ1n) is 12.7. The number of nitrogen functional groups attached to an aromatic ring is 1. The van der Waals surface area contributed by atoms with Gasteiger partial charge in [0, 0.05) is 12.2 Å². The summed E-state index contributed by atoms with van der Waals surface area (Å²) in [6, 6.07) is 1.87. The maximum absolute atomic E-state index is 13.4. The Bertz CT molecular complexity index is 1150. The summed E-state index contributed by atoms with van der Waals surface area (Å²) in [4.78, 5) is 55.4. The van der Waals surface area contributed by atoms with E-state index in [1.807, 2.05) is 13.8 Å². The molecule has 2 fully saturated rings. The van der Waals surface area contributed by atoms with Crippen molar-refractivity contribution in [3.63, 3.8) is 0 Å². The third-order valence-electron chi connectivity index (χ3n) is 6.75. The first kappa shape index (κ1) is 25.6. The number of pyridine rings is 1. The zero-order valence-electron chi connectivity index (χ0n) is 20.7. The van der Waals surface area contributed by atoms with Crippen LogP contribution >= 0.6 is 0 Å². The lowest BCUT2D eigenvalue weighted by Gasteiger charge is -2.32. The molecular formula is C25H34N6O5. The van der Waals surface area contributed by atoms with Crippen LogP contribution in [0.3, 0.4) is 0 Å². The van der Waals surface area contributed by atoms with Gasteiger partial charge in [-0.2, -0.15) is 4.68 Å². The minimum absolute atomic E-state index is 0.0967. The quantitative estimate of drug-likeness (QED) is 0.419. The minimum Gasteiger partial charge on any atom is -0.384 e. The second kappa shape index (κ2) is 11.0. The number of carbonyl (C=O) groups excluding carboxylic acids is 3. The summed E-state index contributed by atoms with van der Waals surface area (Å²) in [6.07, 6.45) is 6.79. The molecule has 2 aliphatic rings. The third kappa shape index (κ3) is 6.38. The molecule has 3 atom stereocenters. The Kier molecular flexibility index (Phi) is 7.85. The number of anilines is 1. The highest BCUT2D eigenvalue weighted by atomic mass is 16.4. The number of rotatable bonds is 10. The van der Waals surface area contributed by atoms with Crippen molar-refractivity contribution in [2.24, 2.45) is 17.8 Å². The Balaban J connectivity index is 1.45. The summed E-state index contributed by atoms with van der Waals surface area (Å²) in [5.41, 5.74) is 5.96. The van der Waals surface area contributed by atoms with Crippen LogP contribution < -0.4 is 22.1 Å². The molecule has 4 rings (SSSR count). The van der Waals surface area contributed by atoms with E-state index in [1.165, 1.54) is 10.9 Å². The van der Waals surface area contributed by atoms with Crippen molar-refractivity contribution in [2.45, 2.75) is 77.4 Å². The zero-order chi connectivity index (χ0) is 25.8. The third-order valence-corrected chi connectivity index (χ3v) is 6.75. The molecule has 194 valence electrons. The molecule has 11 nitrogen and oxygen atoms in total. The molecule has 0 saturated heterocycles. The Labute approximate surface area is 209 Å². The van der Waals surface area contributed by atoms with Crippen LogP contribution in [-0.4, -0.2) is 44.4 Å². The fourth-order valence-electron chi connectivity index (χ4n) is 4.61. The van der Waals surface area contributed by atoms with E-state index in [-0.39, 0.29) is 29.7 Å². The van der Waals surface area contributed by atoms with Crippen molar-refractivity contribution in [3.05, 3.63) is 40.3 Å².